The second kappa shape index (κ2) is 30.4. The van der Waals surface area contributed by atoms with E-state index in [9.17, 15) is 14.4 Å². The minimum atomic E-state index is -0.460. The van der Waals surface area contributed by atoms with Gasteiger partial charge in [0.05, 0.1) is 16.3 Å². The van der Waals surface area contributed by atoms with Crippen LogP contribution in [0.5, 0.6) is 0 Å². The molecule has 0 atom stereocenters. The lowest BCUT2D eigenvalue weighted by molar-refractivity contribution is 0.0194. The number of nitrogens with two attached hydrogens (primary N) is 1. The van der Waals surface area contributed by atoms with E-state index in [1.807, 2.05) is 154 Å². The summed E-state index contributed by atoms with van der Waals surface area (Å²) in [6.07, 6.45) is 14.5. The van der Waals surface area contributed by atoms with E-state index in [2.05, 4.69) is 69.9 Å². The molecular weight excluding hydrogens is 1230 g/mol. The third kappa shape index (κ3) is 18.8. The van der Waals surface area contributed by atoms with Crippen molar-refractivity contribution < 1.29 is 28.6 Å². The van der Waals surface area contributed by atoms with E-state index in [0.717, 1.165) is 126 Å². The van der Waals surface area contributed by atoms with Crippen molar-refractivity contribution in [2.45, 2.75) is 148 Å². The van der Waals surface area contributed by atoms with Crippen LogP contribution in [-0.2, 0) is 27.1 Å². The van der Waals surface area contributed by atoms with Crippen molar-refractivity contribution >= 4 is 119 Å². The van der Waals surface area contributed by atoms with Crippen molar-refractivity contribution in [2.75, 3.05) is 51.3 Å². The van der Waals surface area contributed by atoms with E-state index >= 15 is 0 Å². The highest BCUT2D eigenvalue weighted by molar-refractivity contribution is 8.14. The molecule has 0 saturated carbocycles. The second-order valence-corrected chi connectivity index (χ2v) is 30.5. The van der Waals surface area contributed by atoms with E-state index < -0.39 is 16.8 Å². The fourth-order valence-electron chi connectivity index (χ4n) is 11.9. The van der Waals surface area contributed by atoms with Crippen LogP contribution in [0.3, 0.4) is 0 Å². The summed E-state index contributed by atoms with van der Waals surface area (Å²) in [6, 6.07) is 30.8. The quantitative estimate of drug-likeness (QED) is 0.0300. The Morgan fingerprint density at radius 2 is 0.804 bits per heavy atom. The van der Waals surface area contributed by atoms with Gasteiger partial charge in [-0.2, -0.15) is 0 Å². The second-order valence-electron chi connectivity index (χ2n) is 26.8. The molecule has 0 unspecified atom stereocenters. The first-order chi connectivity index (χ1) is 43.8. The number of piperidine rings is 3. The van der Waals surface area contributed by atoms with Gasteiger partial charge in [0.25, 0.3) is 0 Å². The smallest absolute Gasteiger partial charge is 0.410 e. The van der Waals surface area contributed by atoms with Crippen molar-refractivity contribution in [3.05, 3.63) is 168 Å². The number of nitrogens with one attached hydrogen (secondary N) is 6. The molecule has 488 valence electrons. The molecule has 3 fully saturated rings. The minimum absolute atomic E-state index is 0.209. The number of ether oxygens (including phenoxy) is 3. The van der Waals surface area contributed by atoms with Gasteiger partial charge < -0.3 is 60.4 Å². The number of hydrogen-bond acceptors (Lipinski definition) is 14. The molecule has 0 bridgehead atoms. The molecule has 92 heavy (non-hydrogen) atoms. The maximum absolute atomic E-state index is 12.3. The number of carbonyl (C=O) groups is 3. The van der Waals surface area contributed by atoms with Gasteiger partial charge in [0.1, 0.15) is 21.8 Å². The van der Waals surface area contributed by atoms with Crippen LogP contribution in [0, 0.1) is 16.2 Å². The van der Waals surface area contributed by atoms with Crippen molar-refractivity contribution in [3.63, 3.8) is 0 Å². The molecule has 0 aliphatic carbocycles. The minimum Gasteiger partial charge on any atom is -0.444 e. The number of rotatable bonds is 10. The molecule has 3 aliphatic rings. The number of H-pyrrole nitrogens is 3. The number of anilines is 1. The lowest BCUT2D eigenvalue weighted by Crippen LogP contribution is -2.41. The van der Waals surface area contributed by atoms with E-state index in [1.54, 1.807) is 34.0 Å². The molecule has 12 rings (SSSR count). The first-order valence-electron chi connectivity index (χ1n) is 31.7. The van der Waals surface area contributed by atoms with Gasteiger partial charge in [0.15, 0.2) is 0 Å². The fourth-order valence-corrected chi connectivity index (χ4v) is 14.4. The highest BCUT2D eigenvalue weighted by Gasteiger charge is 2.32. The van der Waals surface area contributed by atoms with Crippen molar-refractivity contribution in [3.8, 4) is 0 Å². The topological polar surface area (TPSA) is 234 Å². The number of carbonyl (C=O) groups excluding carboxylic acids is 3. The normalized spacial score (nSPS) is 15.2. The van der Waals surface area contributed by atoms with Crippen LogP contribution < -0.4 is 5.73 Å². The van der Waals surface area contributed by atoms with Gasteiger partial charge in [0, 0.05) is 119 Å². The first-order valence-corrected chi connectivity index (χ1v) is 35.5. The van der Waals surface area contributed by atoms with Crippen LogP contribution in [0.15, 0.2) is 126 Å². The molecule has 9 heterocycles. The zero-order valence-corrected chi connectivity index (χ0v) is 58.0. The Hall–Kier alpha value is -7.65. The Morgan fingerprint density at radius 3 is 1.11 bits per heavy atom. The molecule has 20 heteroatoms. The maximum atomic E-state index is 12.3. The molecular formula is C72H90N10O6S4. The Morgan fingerprint density at radius 1 is 0.489 bits per heavy atom. The van der Waals surface area contributed by atoms with Crippen LogP contribution in [0.2, 0.25) is 0 Å². The Bertz CT molecular complexity index is 3760. The third-order valence-electron chi connectivity index (χ3n) is 16.4. The number of benzene rings is 3. The lowest BCUT2D eigenvalue weighted by atomic mass is 9.89. The molecule has 3 aromatic carbocycles. The van der Waals surface area contributed by atoms with Gasteiger partial charge in [-0.25, -0.2) is 14.4 Å². The number of nitrogens with zero attached hydrogens (tertiary/aromatic N) is 3. The highest BCUT2D eigenvalue weighted by Crippen LogP contribution is 2.38. The Balaban J connectivity index is 0.000000154. The number of aromatic amines is 3. The average Bonchev–Trinajstić information content (AvgIpc) is 1.70. The summed E-state index contributed by atoms with van der Waals surface area (Å²) in [5.74, 6) is 1.29. The summed E-state index contributed by atoms with van der Waals surface area (Å²) >= 11 is 6.31. The third-order valence-corrected chi connectivity index (χ3v) is 19.9. The first kappa shape index (κ1) is 68.7. The lowest BCUT2D eigenvalue weighted by Gasteiger charge is -2.33. The van der Waals surface area contributed by atoms with E-state index in [4.69, 9.17) is 36.2 Å². The molecule has 0 spiro atoms. The molecule has 9 aromatic rings. The molecule has 16 nitrogen and oxygen atoms in total. The summed E-state index contributed by atoms with van der Waals surface area (Å²) in [7, 11) is 0. The van der Waals surface area contributed by atoms with Gasteiger partial charge in [-0.05, 0) is 229 Å². The Labute approximate surface area is 557 Å². The van der Waals surface area contributed by atoms with Gasteiger partial charge in [-0.1, -0.05) is 30.3 Å². The van der Waals surface area contributed by atoms with Gasteiger partial charge in [0.2, 0.25) is 0 Å². The number of amides is 3. The number of thioether (sulfide) groups is 1. The molecule has 8 N–H and O–H groups in total. The van der Waals surface area contributed by atoms with Crippen LogP contribution in [0.25, 0.3) is 32.7 Å². The van der Waals surface area contributed by atoms with Crippen molar-refractivity contribution in [1.29, 1.82) is 16.2 Å². The largest absolute Gasteiger partial charge is 0.444 e. The van der Waals surface area contributed by atoms with Crippen LogP contribution in [0.1, 0.15) is 161 Å². The van der Waals surface area contributed by atoms with Crippen LogP contribution in [0.4, 0.5) is 20.1 Å². The zero-order chi connectivity index (χ0) is 65.9. The van der Waals surface area contributed by atoms with Crippen molar-refractivity contribution in [2.24, 2.45) is 0 Å². The van der Waals surface area contributed by atoms with Crippen LogP contribution >= 0.6 is 45.8 Å². The number of aromatic nitrogens is 3. The van der Waals surface area contributed by atoms with E-state index in [-0.39, 0.29) is 18.3 Å². The zero-order valence-electron chi connectivity index (χ0n) is 54.8. The van der Waals surface area contributed by atoms with Gasteiger partial charge in [-0.15, -0.1) is 45.8 Å². The summed E-state index contributed by atoms with van der Waals surface area (Å²) in [4.78, 5) is 55.5. The predicted molar refractivity (Wildman–Crippen MR) is 383 cm³/mol. The van der Waals surface area contributed by atoms with E-state index in [0.29, 0.717) is 47.1 Å². The number of nitrogen functional groups attached to an aromatic ring is 1. The molecule has 3 amide bonds. The number of fused-ring (bicyclic) bond motifs is 3. The van der Waals surface area contributed by atoms with Gasteiger partial charge >= 0.3 is 18.3 Å². The molecule has 6 aromatic heterocycles. The van der Waals surface area contributed by atoms with Crippen LogP contribution in [-0.4, -0.2) is 127 Å². The summed E-state index contributed by atoms with van der Waals surface area (Å²) in [5, 5.41) is 34.5. The van der Waals surface area contributed by atoms with E-state index in [1.165, 1.54) is 44.6 Å². The van der Waals surface area contributed by atoms with Gasteiger partial charge in [-0.3, -0.25) is 5.41 Å². The number of hydrogen-bond donors (Lipinski definition) is 7. The monoisotopic (exact) mass is 1320 g/mol. The number of likely N-dealkylation sites (tertiary alicyclic amines) is 3. The average molecular weight is 1320 g/mol. The Kier molecular flexibility index (Phi) is 22.7. The fraction of sp³-hybridized carbons (Fsp3) is 0.417. The highest BCUT2D eigenvalue weighted by atomic mass is 32.2. The summed E-state index contributed by atoms with van der Waals surface area (Å²) in [6.45, 7) is 21.4. The van der Waals surface area contributed by atoms with Crippen molar-refractivity contribution in [1.82, 2.24) is 29.7 Å². The summed E-state index contributed by atoms with van der Waals surface area (Å²) < 4.78 is 16.5. The standard InChI is InChI=1S/2C24H29N3O2S.C18H25N3O2.C6H7NS2/c2*1-24(2,3)29-23(28)27-10-8-17(9-11-27)19-15-26-21-7-6-16(13-18(19)21)14-20(25)22-5-4-12-30-22;1-18(2,3)23-17(22)21-8-6-12(7-9-21)15-11-20-16-5-4-13(19)10-14(15)16;1-8-6(7)5-3-2-4-9-5/h2*4-7,12-13,15,17,25-26H,8-11,14H2,1-3H3;4-5,10-12,20H,6-9,19H2,1-3H3;2-4,7H,1H3. The predicted octanol–water partition coefficient (Wildman–Crippen LogP) is 18.2. The maximum Gasteiger partial charge on any atom is 0.410 e. The number of thiophene rings is 3. The molecule has 3 saturated heterocycles. The molecule has 0 radical (unpaired) electrons. The SMILES string of the molecule is CC(C)(C)OC(=O)N1CCC(c2c[nH]c3ccc(CC(=N)c4cccs4)cc23)CC1.CC(C)(C)OC(=O)N1CCC(c2c[nH]c3ccc(CC(=N)c4cccs4)cc23)CC1.CC(C)(C)OC(=O)N1CCC(c2c[nH]c3ccc(N)cc23)CC1.CSC(=N)c1cccs1. The molecule has 3 aliphatic heterocycles. The summed E-state index contributed by atoms with van der Waals surface area (Å²) in [5.41, 5.74) is 16.3.